The van der Waals surface area contributed by atoms with Crippen LogP contribution in [0.2, 0.25) is 0 Å². The van der Waals surface area contributed by atoms with Crippen LogP contribution in [-0.2, 0) is 4.74 Å². The fourth-order valence-corrected chi connectivity index (χ4v) is 1.20. The van der Waals surface area contributed by atoms with Gasteiger partial charge in [-0.1, -0.05) is 30.7 Å². The summed E-state index contributed by atoms with van der Waals surface area (Å²) in [6.07, 6.45) is 6.94. The number of rotatable bonds is 3. The van der Waals surface area contributed by atoms with Crippen LogP contribution in [-0.4, -0.2) is 12.7 Å². The van der Waals surface area contributed by atoms with Gasteiger partial charge in [0.2, 0.25) is 0 Å². The van der Waals surface area contributed by atoms with E-state index in [2.05, 4.69) is 32.1 Å². The summed E-state index contributed by atoms with van der Waals surface area (Å²) in [5, 5.41) is 0. The first-order valence-electron chi connectivity index (χ1n) is 4.16. The van der Waals surface area contributed by atoms with Gasteiger partial charge in [0, 0.05) is 5.92 Å². The topological polar surface area (TPSA) is 12.5 Å². The summed E-state index contributed by atoms with van der Waals surface area (Å²) < 4.78 is 5.18. The maximum Gasteiger partial charge on any atom is 0.0869 e. The number of hydrogen-bond donors (Lipinski definition) is 0. The molecular weight excluding hydrogens is 136 g/mol. The lowest BCUT2D eigenvalue weighted by molar-refractivity contribution is 0.371. The van der Waals surface area contributed by atoms with Gasteiger partial charge >= 0.3 is 0 Å². The highest BCUT2D eigenvalue weighted by Gasteiger charge is 2.27. The second-order valence-electron chi connectivity index (χ2n) is 3.14. The number of ether oxygens (including phenoxy) is 1. The molecule has 2 atom stereocenters. The minimum absolute atomic E-state index is 0.496. The van der Waals surface area contributed by atoms with Crippen molar-refractivity contribution in [3.05, 3.63) is 23.8 Å². The van der Waals surface area contributed by atoms with Crippen molar-refractivity contribution in [2.45, 2.75) is 26.9 Å². The molecule has 0 radical (unpaired) electrons. The van der Waals surface area contributed by atoms with Crippen molar-refractivity contribution in [3.8, 4) is 0 Å². The molecule has 0 amide bonds. The normalized spacial score (nSPS) is 27.5. The standard InChI is InChI=1S/C10H16O/c1-4-5-8(2)6-9(3)10-7-11-10/h4-6,9-10H,7H2,1-3H3/b5-4+,8-6+/t9-,10-/m1/s1. The fraction of sp³-hybridized carbons (Fsp3) is 0.600. The zero-order valence-electron chi connectivity index (χ0n) is 7.50. The van der Waals surface area contributed by atoms with E-state index < -0.39 is 0 Å². The lowest BCUT2D eigenvalue weighted by Crippen LogP contribution is -1.99. The first-order chi connectivity index (χ1) is 5.24. The Morgan fingerprint density at radius 3 is 2.73 bits per heavy atom. The van der Waals surface area contributed by atoms with Gasteiger partial charge in [0.15, 0.2) is 0 Å². The minimum Gasteiger partial charge on any atom is -0.373 e. The molecule has 1 aliphatic heterocycles. The molecule has 0 aliphatic carbocycles. The van der Waals surface area contributed by atoms with Crippen LogP contribution in [0.15, 0.2) is 23.8 Å². The molecule has 0 spiro atoms. The van der Waals surface area contributed by atoms with Gasteiger partial charge in [0.1, 0.15) is 0 Å². The third kappa shape index (κ3) is 2.89. The first kappa shape index (κ1) is 8.54. The summed E-state index contributed by atoms with van der Waals surface area (Å²) in [5.41, 5.74) is 1.33. The Labute approximate surface area is 68.8 Å². The molecule has 1 saturated heterocycles. The van der Waals surface area contributed by atoms with Crippen molar-refractivity contribution < 1.29 is 4.74 Å². The van der Waals surface area contributed by atoms with Gasteiger partial charge in [-0.25, -0.2) is 0 Å². The molecule has 1 heteroatoms. The molecule has 0 bridgehead atoms. The van der Waals surface area contributed by atoms with Crippen molar-refractivity contribution in [3.63, 3.8) is 0 Å². The Balaban J connectivity index is 2.41. The van der Waals surface area contributed by atoms with Crippen LogP contribution in [0.5, 0.6) is 0 Å². The van der Waals surface area contributed by atoms with Crippen LogP contribution in [0.4, 0.5) is 0 Å². The highest BCUT2D eigenvalue weighted by Crippen LogP contribution is 2.21. The van der Waals surface area contributed by atoms with Gasteiger partial charge in [-0.15, -0.1) is 0 Å². The third-order valence-corrected chi connectivity index (χ3v) is 1.90. The van der Waals surface area contributed by atoms with E-state index in [0.717, 1.165) is 6.61 Å². The maximum atomic E-state index is 5.18. The van der Waals surface area contributed by atoms with Crippen LogP contribution in [0.25, 0.3) is 0 Å². The number of epoxide rings is 1. The summed E-state index contributed by atoms with van der Waals surface area (Å²) in [4.78, 5) is 0. The van der Waals surface area contributed by atoms with Crippen LogP contribution in [0.3, 0.4) is 0 Å². The van der Waals surface area contributed by atoms with Crippen LogP contribution in [0, 0.1) is 5.92 Å². The van der Waals surface area contributed by atoms with Crippen LogP contribution >= 0.6 is 0 Å². The van der Waals surface area contributed by atoms with Crippen molar-refractivity contribution in [1.82, 2.24) is 0 Å². The molecule has 1 fully saturated rings. The van der Waals surface area contributed by atoms with Gasteiger partial charge in [-0.3, -0.25) is 0 Å². The van der Waals surface area contributed by atoms with E-state index >= 15 is 0 Å². The van der Waals surface area contributed by atoms with Crippen LogP contribution < -0.4 is 0 Å². The zero-order valence-corrected chi connectivity index (χ0v) is 7.50. The zero-order chi connectivity index (χ0) is 8.27. The first-order valence-corrected chi connectivity index (χ1v) is 4.16. The molecule has 1 aliphatic rings. The highest BCUT2D eigenvalue weighted by atomic mass is 16.6. The van der Waals surface area contributed by atoms with E-state index in [1.165, 1.54) is 5.57 Å². The molecule has 0 aromatic heterocycles. The second-order valence-corrected chi connectivity index (χ2v) is 3.14. The Hall–Kier alpha value is -0.560. The summed E-state index contributed by atoms with van der Waals surface area (Å²) in [6.45, 7) is 7.31. The number of allylic oxidation sites excluding steroid dienone is 3. The molecule has 1 heterocycles. The molecule has 0 unspecified atom stereocenters. The number of hydrogen-bond acceptors (Lipinski definition) is 1. The average molecular weight is 152 g/mol. The van der Waals surface area contributed by atoms with Crippen molar-refractivity contribution in [2.24, 2.45) is 5.92 Å². The molecule has 1 rings (SSSR count). The largest absolute Gasteiger partial charge is 0.373 e. The lowest BCUT2D eigenvalue weighted by Gasteiger charge is -2.00. The molecule has 0 aromatic carbocycles. The summed E-state index contributed by atoms with van der Waals surface area (Å²) in [7, 11) is 0. The predicted molar refractivity (Wildman–Crippen MR) is 47.5 cm³/mol. The predicted octanol–water partition coefficient (Wildman–Crippen LogP) is 2.54. The Morgan fingerprint density at radius 1 is 1.64 bits per heavy atom. The Morgan fingerprint density at radius 2 is 2.27 bits per heavy atom. The van der Waals surface area contributed by atoms with E-state index in [4.69, 9.17) is 4.74 Å². The smallest absolute Gasteiger partial charge is 0.0869 e. The summed E-state index contributed by atoms with van der Waals surface area (Å²) in [5.74, 6) is 0.575. The lowest BCUT2D eigenvalue weighted by atomic mass is 10.1. The quantitative estimate of drug-likeness (QED) is 0.447. The highest BCUT2D eigenvalue weighted by molar-refractivity contribution is 5.17. The van der Waals surface area contributed by atoms with Gasteiger partial charge < -0.3 is 4.74 Å². The molecule has 0 saturated carbocycles. The van der Waals surface area contributed by atoms with E-state index in [9.17, 15) is 0 Å². The molecular formula is C10H16O. The monoisotopic (exact) mass is 152 g/mol. The van der Waals surface area contributed by atoms with Crippen molar-refractivity contribution >= 4 is 0 Å². The Bertz CT molecular complexity index is 175. The van der Waals surface area contributed by atoms with Crippen molar-refractivity contribution in [2.75, 3.05) is 6.61 Å². The Kier molecular flexibility index (Phi) is 2.89. The summed E-state index contributed by atoms with van der Waals surface area (Å²) >= 11 is 0. The van der Waals surface area contributed by atoms with E-state index in [1.54, 1.807) is 0 Å². The summed E-state index contributed by atoms with van der Waals surface area (Å²) in [6, 6.07) is 0. The average Bonchev–Trinajstić information content (AvgIpc) is 2.67. The molecule has 0 aromatic rings. The van der Waals surface area contributed by atoms with E-state index in [-0.39, 0.29) is 0 Å². The van der Waals surface area contributed by atoms with E-state index in [0.29, 0.717) is 12.0 Å². The van der Waals surface area contributed by atoms with Crippen LogP contribution in [0.1, 0.15) is 20.8 Å². The van der Waals surface area contributed by atoms with Crippen molar-refractivity contribution in [1.29, 1.82) is 0 Å². The SMILES string of the molecule is C/C=C/C(C)=C/[C@@H](C)[C@H]1CO1. The van der Waals surface area contributed by atoms with E-state index in [1.807, 2.05) is 6.92 Å². The third-order valence-electron chi connectivity index (χ3n) is 1.90. The van der Waals surface area contributed by atoms with Gasteiger partial charge in [0.25, 0.3) is 0 Å². The molecule has 0 N–H and O–H groups in total. The molecule has 11 heavy (non-hydrogen) atoms. The van der Waals surface area contributed by atoms with Gasteiger partial charge in [0.05, 0.1) is 12.7 Å². The molecule has 62 valence electrons. The second kappa shape index (κ2) is 3.72. The minimum atomic E-state index is 0.496. The molecule has 1 nitrogen and oxygen atoms in total. The van der Waals surface area contributed by atoms with Gasteiger partial charge in [-0.05, 0) is 13.8 Å². The maximum absolute atomic E-state index is 5.18. The van der Waals surface area contributed by atoms with Gasteiger partial charge in [-0.2, -0.15) is 0 Å². The fourth-order valence-electron chi connectivity index (χ4n) is 1.20.